The number of carbonyl (C=O) groups is 1. The molecule has 0 radical (unpaired) electrons. The molecule has 21 heavy (non-hydrogen) atoms. The van der Waals surface area contributed by atoms with E-state index in [1.807, 2.05) is 6.92 Å². The van der Waals surface area contributed by atoms with E-state index in [2.05, 4.69) is 15.6 Å². The summed E-state index contributed by atoms with van der Waals surface area (Å²) in [4.78, 5) is 17.3. The highest BCUT2D eigenvalue weighted by atomic mass is 32.1. The summed E-state index contributed by atoms with van der Waals surface area (Å²) in [6.07, 6.45) is 7.15. The molecule has 1 aromatic rings. The van der Waals surface area contributed by atoms with E-state index in [-0.39, 0.29) is 5.91 Å². The molecule has 0 atom stereocenters. The molecule has 0 aliphatic heterocycles. The quantitative estimate of drug-likeness (QED) is 0.760. The Morgan fingerprint density at radius 3 is 2.86 bits per heavy atom. The number of nitrogens with zero attached hydrogens (tertiary/aromatic N) is 1. The first-order valence-corrected chi connectivity index (χ1v) is 8.53. The topological polar surface area (TPSA) is 63.2 Å². The molecule has 1 aromatic heterocycles. The normalized spacial score (nSPS) is 15.9. The Morgan fingerprint density at radius 1 is 1.38 bits per heavy atom. The fourth-order valence-electron chi connectivity index (χ4n) is 2.59. The van der Waals surface area contributed by atoms with Crippen LogP contribution >= 0.6 is 11.3 Å². The maximum absolute atomic E-state index is 12.1. The van der Waals surface area contributed by atoms with Crippen LogP contribution in [0.15, 0.2) is 0 Å². The molecule has 2 N–H and O–H groups in total. The van der Waals surface area contributed by atoms with E-state index in [9.17, 15) is 4.79 Å². The number of aromatic nitrogens is 1. The molecule has 2 rings (SSSR count). The van der Waals surface area contributed by atoms with Crippen molar-refractivity contribution in [3.8, 4) is 0 Å². The van der Waals surface area contributed by atoms with Gasteiger partial charge in [-0.3, -0.25) is 4.79 Å². The van der Waals surface area contributed by atoms with E-state index < -0.39 is 0 Å². The van der Waals surface area contributed by atoms with Gasteiger partial charge in [0, 0.05) is 26.3 Å². The van der Waals surface area contributed by atoms with Gasteiger partial charge in [-0.2, -0.15) is 0 Å². The molecule has 1 aliphatic rings. The second kappa shape index (κ2) is 8.34. The molecule has 1 aliphatic carbocycles. The molecule has 118 valence electrons. The molecule has 0 spiro atoms. The van der Waals surface area contributed by atoms with Gasteiger partial charge in [0.25, 0.3) is 5.91 Å². The zero-order valence-electron chi connectivity index (χ0n) is 12.9. The molecular formula is C15H25N3O2S. The minimum Gasteiger partial charge on any atom is -0.385 e. The van der Waals surface area contributed by atoms with E-state index >= 15 is 0 Å². The number of anilines is 1. The second-order valence-corrected chi connectivity index (χ2v) is 6.51. The number of amides is 1. The molecule has 6 heteroatoms. The summed E-state index contributed by atoms with van der Waals surface area (Å²) >= 11 is 1.46. The van der Waals surface area contributed by atoms with E-state index in [1.54, 1.807) is 7.11 Å². The van der Waals surface area contributed by atoms with Crippen LogP contribution in [0.4, 0.5) is 5.13 Å². The predicted octanol–water partition coefficient (Wildman–Crippen LogP) is 2.96. The SMILES string of the molecule is COCCCNC(=O)c1sc(NC2CCCCC2)nc1C. The van der Waals surface area contributed by atoms with Crippen LogP contribution in [0.1, 0.15) is 53.9 Å². The van der Waals surface area contributed by atoms with Gasteiger partial charge < -0.3 is 15.4 Å². The number of hydrogen-bond acceptors (Lipinski definition) is 5. The molecule has 0 bridgehead atoms. The number of methoxy groups -OCH3 is 1. The van der Waals surface area contributed by atoms with Gasteiger partial charge in [0.15, 0.2) is 5.13 Å². The highest BCUT2D eigenvalue weighted by Crippen LogP contribution is 2.26. The minimum absolute atomic E-state index is 0.0298. The third kappa shape index (κ3) is 4.97. The smallest absolute Gasteiger partial charge is 0.263 e. The van der Waals surface area contributed by atoms with Crippen LogP contribution in [0.25, 0.3) is 0 Å². The van der Waals surface area contributed by atoms with Crippen molar-refractivity contribution in [1.82, 2.24) is 10.3 Å². The average Bonchev–Trinajstić information content (AvgIpc) is 2.85. The highest BCUT2D eigenvalue weighted by Gasteiger charge is 2.18. The maximum atomic E-state index is 12.1. The Bertz CT molecular complexity index is 456. The molecule has 1 saturated carbocycles. The lowest BCUT2D eigenvalue weighted by Gasteiger charge is -2.22. The summed E-state index contributed by atoms with van der Waals surface area (Å²) in [5, 5.41) is 7.27. The zero-order valence-corrected chi connectivity index (χ0v) is 13.7. The number of nitrogens with one attached hydrogen (secondary N) is 2. The van der Waals surface area contributed by atoms with Crippen LogP contribution in [0.2, 0.25) is 0 Å². The number of rotatable bonds is 7. The third-order valence-corrected chi connectivity index (χ3v) is 4.83. The van der Waals surface area contributed by atoms with Gasteiger partial charge in [0.05, 0.1) is 5.69 Å². The van der Waals surface area contributed by atoms with E-state index in [4.69, 9.17) is 4.74 Å². The van der Waals surface area contributed by atoms with Crippen molar-refractivity contribution in [2.75, 3.05) is 25.6 Å². The van der Waals surface area contributed by atoms with E-state index in [0.717, 1.165) is 17.2 Å². The van der Waals surface area contributed by atoms with Crippen LogP contribution in [-0.4, -0.2) is 37.2 Å². The van der Waals surface area contributed by atoms with Crippen molar-refractivity contribution in [3.63, 3.8) is 0 Å². The maximum Gasteiger partial charge on any atom is 0.263 e. The van der Waals surface area contributed by atoms with Gasteiger partial charge in [-0.15, -0.1) is 0 Å². The predicted molar refractivity (Wildman–Crippen MR) is 86.2 cm³/mol. The molecule has 0 saturated heterocycles. The van der Waals surface area contributed by atoms with E-state index in [1.165, 1.54) is 43.4 Å². The van der Waals surface area contributed by atoms with Crippen molar-refractivity contribution in [3.05, 3.63) is 10.6 Å². The number of thiazole rings is 1. The lowest BCUT2D eigenvalue weighted by atomic mass is 9.96. The summed E-state index contributed by atoms with van der Waals surface area (Å²) in [6.45, 7) is 3.19. The largest absolute Gasteiger partial charge is 0.385 e. The molecule has 1 fully saturated rings. The monoisotopic (exact) mass is 311 g/mol. The number of ether oxygens (including phenoxy) is 1. The van der Waals surface area contributed by atoms with Crippen LogP contribution in [0, 0.1) is 6.92 Å². The molecule has 1 amide bonds. The van der Waals surface area contributed by atoms with Crippen molar-refractivity contribution in [2.45, 2.75) is 51.5 Å². The molecule has 1 heterocycles. The number of hydrogen-bond donors (Lipinski definition) is 2. The zero-order chi connectivity index (χ0) is 15.1. The van der Waals surface area contributed by atoms with Crippen LogP contribution < -0.4 is 10.6 Å². The van der Waals surface area contributed by atoms with Crippen LogP contribution in [-0.2, 0) is 4.74 Å². The third-order valence-electron chi connectivity index (χ3n) is 3.75. The van der Waals surface area contributed by atoms with Crippen molar-refractivity contribution in [1.29, 1.82) is 0 Å². The summed E-state index contributed by atoms with van der Waals surface area (Å²) in [5.74, 6) is -0.0298. The lowest BCUT2D eigenvalue weighted by Crippen LogP contribution is -2.25. The van der Waals surface area contributed by atoms with Gasteiger partial charge in [-0.1, -0.05) is 30.6 Å². The van der Waals surface area contributed by atoms with Gasteiger partial charge in [0.2, 0.25) is 0 Å². The standard InChI is InChI=1S/C15H25N3O2S/c1-11-13(14(19)16-9-6-10-20-2)21-15(17-11)18-12-7-4-3-5-8-12/h12H,3-10H2,1-2H3,(H,16,19)(H,17,18). The first kappa shape index (κ1) is 16.2. The van der Waals surface area contributed by atoms with Gasteiger partial charge in [-0.05, 0) is 26.2 Å². The van der Waals surface area contributed by atoms with Crippen molar-refractivity contribution < 1.29 is 9.53 Å². The van der Waals surface area contributed by atoms with E-state index in [0.29, 0.717) is 24.1 Å². The summed E-state index contributed by atoms with van der Waals surface area (Å²) in [6, 6.07) is 0.516. The van der Waals surface area contributed by atoms with Gasteiger partial charge in [-0.25, -0.2) is 4.98 Å². The average molecular weight is 311 g/mol. The minimum atomic E-state index is -0.0298. The molecule has 0 aromatic carbocycles. The Labute approximate surface area is 130 Å². The highest BCUT2D eigenvalue weighted by molar-refractivity contribution is 7.17. The van der Waals surface area contributed by atoms with Crippen LogP contribution in [0.5, 0.6) is 0 Å². The van der Waals surface area contributed by atoms with Crippen LogP contribution in [0.3, 0.4) is 0 Å². The second-order valence-electron chi connectivity index (χ2n) is 5.52. The Balaban J connectivity index is 1.87. The summed E-state index contributed by atoms with van der Waals surface area (Å²) in [5.41, 5.74) is 0.808. The molecule has 0 unspecified atom stereocenters. The first-order chi connectivity index (χ1) is 10.2. The Hall–Kier alpha value is -1.14. The fraction of sp³-hybridized carbons (Fsp3) is 0.733. The fourth-order valence-corrected chi connectivity index (χ4v) is 3.55. The molecular weight excluding hydrogens is 286 g/mol. The number of carbonyl (C=O) groups excluding carboxylic acids is 1. The number of aryl methyl sites for hydroxylation is 1. The first-order valence-electron chi connectivity index (χ1n) is 7.72. The summed E-state index contributed by atoms with van der Waals surface area (Å²) in [7, 11) is 1.67. The Morgan fingerprint density at radius 2 is 2.14 bits per heavy atom. The van der Waals surface area contributed by atoms with Gasteiger partial charge in [0.1, 0.15) is 4.88 Å². The Kier molecular flexibility index (Phi) is 6.45. The van der Waals surface area contributed by atoms with Gasteiger partial charge >= 0.3 is 0 Å². The molecule has 5 nitrogen and oxygen atoms in total. The summed E-state index contributed by atoms with van der Waals surface area (Å²) < 4.78 is 4.97. The van der Waals surface area contributed by atoms with Crippen molar-refractivity contribution >= 4 is 22.4 Å². The van der Waals surface area contributed by atoms with Crippen molar-refractivity contribution in [2.24, 2.45) is 0 Å². The lowest BCUT2D eigenvalue weighted by molar-refractivity contribution is 0.0952.